The van der Waals surface area contributed by atoms with Crippen molar-refractivity contribution in [2.24, 2.45) is 29.6 Å². The smallest absolute Gasteiger partial charge is 0.330 e. The molecule has 154 valence electrons. The van der Waals surface area contributed by atoms with Crippen LogP contribution in [0.1, 0.15) is 26.0 Å². The van der Waals surface area contributed by atoms with Gasteiger partial charge in [-0.15, -0.1) is 0 Å². The van der Waals surface area contributed by atoms with Crippen molar-refractivity contribution in [2.45, 2.75) is 33.2 Å². The number of ether oxygens (including phenoxy) is 1. The molecule has 5 atom stereocenters. The summed E-state index contributed by atoms with van der Waals surface area (Å²) in [5.74, 6) is -2.23. The second-order valence-electron chi connectivity index (χ2n) is 8.21. The zero-order valence-electron chi connectivity index (χ0n) is 16.5. The van der Waals surface area contributed by atoms with Gasteiger partial charge in [0.25, 0.3) is 5.91 Å². The lowest BCUT2D eigenvalue weighted by atomic mass is 9.85. The number of anilines is 1. The van der Waals surface area contributed by atoms with Crippen molar-refractivity contribution >= 4 is 29.5 Å². The third-order valence-electron chi connectivity index (χ3n) is 5.90. The average Bonchev–Trinajstić information content (AvgIpc) is 3.41. The fourth-order valence-electron chi connectivity index (χ4n) is 4.70. The first-order valence-electron chi connectivity index (χ1n) is 9.73. The van der Waals surface area contributed by atoms with Gasteiger partial charge in [-0.05, 0) is 31.1 Å². The number of likely N-dealkylation sites (tertiary alicyclic amines) is 1. The predicted molar refractivity (Wildman–Crippen MR) is 99.0 cm³/mol. The molecule has 0 unspecified atom stereocenters. The minimum absolute atomic E-state index is 0.0620. The number of rotatable bonds is 6. The van der Waals surface area contributed by atoms with Crippen molar-refractivity contribution in [3.05, 3.63) is 24.0 Å². The van der Waals surface area contributed by atoms with Gasteiger partial charge in [-0.3, -0.25) is 19.3 Å². The van der Waals surface area contributed by atoms with Gasteiger partial charge in [0, 0.05) is 6.07 Å². The van der Waals surface area contributed by atoms with Gasteiger partial charge in [0.1, 0.15) is 11.8 Å². The van der Waals surface area contributed by atoms with E-state index >= 15 is 0 Å². The number of carbonyl (C=O) groups excluding carboxylic acids is 4. The molecular weight excluding hydrogens is 378 g/mol. The van der Waals surface area contributed by atoms with Crippen molar-refractivity contribution in [1.29, 1.82) is 0 Å². The summed E-state index contributed by atoms with van der Waals surface area (Å²) in [5, 5.41) is 6.08. The summed E-state index contributed by atoms with van der Waals surface area (Å²) in [4.78, 5) is 51.8. The standard InChI is InChI=1S/C20H23N3O6/c1-9(2)17(20(27)28-8-14(24)21-13-6-10(3)29-22-13)23-18(25)15-11-4-5-12(7-11)16(15)19(23)26/h4-6,9,11-12,15-17H,7-8H2,1-3H3,(H,21,22,24)/t11-,12-,15-,16-,17-/m0/s1. The summed E-state index contributed by atoms with van der Waals surface area (Å²) in [6.45, 7) is 4.61. The number of aryl methyl sites for hydroxylation is 1. The highest BCUT2D eigenvalue weighted by Crippen LogP contribution is 2.53. The second kappa shape index (κ2) is 7.13. The van der Waals surface area contributed by atoms with E-state index in [0.29, 0.717) is 5.76 Å². The third-order valence-corrected chi connectivity index (χ3v) is 5.90. The first kappa shape index (κ1) is 19.4. The van der Waals surface area contributed by atoms with Crippen molar-refractivity contribution in [3.8, 4) is 0 Å². The van der Waals surface area contributed by atoms with E-state index < -0.39 is 24.5 Å². The normalized spacial score (nSPS) is 28.2. The maximum atomic E-state index is 13.0. The third kappa shape index (κ3) is 3.24. The first-order chi connectivity index (χ1) is 13.8. The molecule has 2 fully saturated rings. The molecule has 1 aliphatic heterocycles. The Morgan fingerprint density at radius 2 is 1.86 bits per heavy atom. The van der Waals surface area contributed by atoms with E-state index in [1.807, 2.05) is 12.2 Å². The van der Waals surface area contributed by atoms with Crippen LogP contribution >= 0.6 is 0 Å². The van der Waals surface area contributed by atoms with E-state index in [1.165, 1.54) is 6.07 Å². The van der Waals surface area contributed by atoms with Crippen LogP contribution in [0.3, 0.4) is 0 Å². The van der Waals surface area contributed by atoms with Crippen LogP contribution in [0.2, 0.25) is 0 Å². The van der Waals surface area contributed by atoms with Gasteiger partial charge in [-0.25, -0.2) is 4.79 Å². The van der Waals surface area contributed by atoms with Gasteiger partial charge >= 0.3 is 5.97 Å². The molecule has 29 heavy (non-hydrogen) atoms. The number of carbonyl (C=O) groups is 4. The molecule has 1 aromatic rings. The van der Waals surface area contributed by atoms with E-state index in [2.05, 4.69) is 10.5 Å². The summed E-state index contributed by atoms with van der Waals surface area (Å²) < 4.78 is 9.99. The maximum Gasteiger partial charge on any atom is 0.330 e. The van der Waals surface area contributed by atoms with Crippen LogP contribution in [0.4, 0.5) is 5.82 Å². The topological polar surface area (TPSA) is 119 Å². The van der Waals surface area contributed by atoms with Crippen LogP contribution in [0.15, 0.2) is 22.7 Å². The number of nitrogens with zero attached hydrogens (tertiary/aromatic N) is 2. The summed E-state index contributed by atoms with van der Waals surface area (Å²) in [7, 11) is 0. The monoisotopic (exact) mass is 401 g/mol. The molecule has 1 N–H and O–H groups in total. The number of esters is 1. The van der Waals surface area contributed by atoms with Crippen molar-refractivity contribution in [1.82, 2.24) is 10.1 Å². The number of imide groups is 1. The number of aromatic nitrogens is 1. The molecule has 0 radical (unpaired) electrons. The highest BCUT2D eigenvalue weighted by molar-refractivity contribution is 6.09. The number of hydrogen-bond acceptors (Lipinski definition) is 7. The average molecular weight is 401 g/mol. The van der Waals surface area contributed by atoms with Crippen LogP contribution in [0, 0.1) is 36.5 Å². The maximum absolute atomic E-state index is 13.0. The molecule has 1 aromatic heterocycles. The quantitative estimate of drug-likeness (QED) is 0.433. The van der Waals surface area contributed by atoms with Gasteiger partial charge in [0.05, 0.1) is 11.8 Å². The molecule has 0 spiro atoms. The number of nitrogens with one attached hydrogen (secondary N) is 1. The predicted octanol–water partition coefficient (Wildman–Crippen LogP) is 1.30. The molecule has 1 saturated carbocycles. The van der Waals surface area contributed by atoms with Gasteiger partial charge in [0.2, 0.25) is 11.8 Å². The van der Waals surface area contributed by atoms with Crippen molar-refractivity contribution in [2.75, 3.05) is 11.9 Å². The molecule has 9 heteroatoms. The first-order valence-corrected chi connectivity index (χ1v) is 9.73. The van der Waals surface area contributed by atoms with Gasteiger partial charge in [-0.1, -0.05) is 31.2 Å². The van der Waals surface area contributed by atoms with E-state index in [9.17, 15) is 19.2 Å². The summed E-state index contributed by atoms with van der Waals surface area (Å²) in [5.41, 5.74) is 0. The fraction of sp³-hybridized carbons (Fsp3) is 0.550. The minimum Gasteiger partial charge on any atom is -0.454 e. The Bertz CT molecular complexity index is 874. The van der Waals surface area contributed by atoms with E-state index in [4.69, 9.17) is 9.26 Å². The zero-order valence-corrected chi connectivity index (χ0v) is 16.5. The minimum atomic E-state index is -1.05. The fourth-order valence-corrected chi connectivity index (χ4v) is 4.70. The second-order valence-corrected chi connectivity index (χ2v) is 8.21. The lowest BCUT2D eigenvalue weighted by Crippen LogP contribution is -2.50. The van der Waals surface area contributed by atoms with E-state index in [0.717, 1.165) is 11.3 Å². The Labute approximate surface area is 167 Å². The largest absolute Gasteiger partial charge is 0.454 e. The molecule has 2 aliphatic carbocycles. The highest BCUT2D eigenvalue weighted by atomic mass is 16.5. The van der Waals surface area contributed by atoms with Crippen LogP contribution in [-0.4, -0.2) is 46.4 Å². The highest BCUT2D eigenvalue weighted by Gasteiger charge is 2.61. The molecule has 3 amide bonds. The van der Waals surface area contributed by atoms with Crippen LogP contribution < -0.4 is 5.32 Å². The van der Waals surface area contributed by atoms with Crippen molar-refractivity contribution in [3.63, 3.8) is 0 Å². The van der Waals surface area contributed by atoms with Gasteiger partial charge in [0.15, 0.2) is 12.4 Å². The number of hydrogen-bond donors (Lipinski definition) is 1. The summed E-state index contributed by atoms with van der Waals surface area (Å²) in [6.07, 6.45) is 4.82. The Morgan fingerprint density at radius 3 is 2.38 bits per heavy atom. The van der Waals surface area contributed by atoms with Crippen molar-refractivity contribution < 1.29 is 28.4 Å². The molecule has 3 aliphatic rings. The number of amides is 3. The molecule has 9 nitrogen and oxygen atoms in total. The Balaban J connectivity index is 1.42. The molecule has 0 aromatic carbocycles. The number of allylic oxidation sites excluding steroid dienone is 2. The molecule has 4 rings (SSSR count). The van der Waals surface area contributed by atoms with Gasteiger partial charge in [-0.2, -0.15) is 0 Å². The summed E-state index contributed by atoms with van der Waals surface area (Å²) in [6, 6.07) is 0.473. The molecule has 2 bridgehead atoms. The molecule has 2 heterocycles. The Hall–Kier alpha value is -2.97. The Morgan fingerprint density at radius 1 is 1.24 bits per heavy atom. The Kier molecular flexibility index (Phi) is 4.76. The van der Waals surface area contributed by atoms with Crippen LogP contribution in [0.5, 0.6) is 0 Å². The SMILES string of the molecule is Cc1cc(NC(=O)COC(=O)[C@H](C(C)C)N2C(=O)[C@@H]3[C@@H](C2=O)[C@H]2C=C[C@H]3C2)no1. The van der Waals surface area contributed by atoms with Gasteiger partial charge < -0.3 is 14.6 Å². The molecule has 1 saturated heterocycles. The lowest BCUT2D eigenvalue weighted by Gasteiger charge is -2.28. The zero-order chi connectivity index (χ0) is 20.9. The van der Waals surface area contributed by atoms with Crippen LogP contribution in [-0.2, 0) is 23.9 Å². The lowest BCUT2D eigenvalue weighted by molar-refractivity contribution is -0.162. The van der Waals surface area contributed by atoms with Crippen LogP contribution in [0.25, 0.3) is 0 Å². The molecular formula is C20H23N3O6. The van der Waals surface area contributed by atoms with E-state index in [1.54, 1.807) is 20.8 Å². The summed E-state index contributed by atoms with van der Waals surface area (Å²) >= 11 is 0. The number of fused-ring (bicyclic) bond motifs is 5. The van der Waals surface area contributed by atoms with E-state index in [-0.39, 0.29) is 47.2 Å².